The van der Waals surface area contributed by atoms with Gasteiger partial charge in [0.05, 0.1) is 12.7 Å². The predicted molar refractivity (Wildman–Crippen MR) is 104 cm³/mol. The number of hydrogen-bond donors (Lipinski definition) is 2. The molecule has 3 N–H and O–H groups in total. The number of halogens is 3. The first kappa shape index (κ1) is 22.8. The van der Waals surface area contributed by atoms with Gasteiger partial charge in [0.2, 0.25) is 0 Å². The fourth-order valence-electron chi connectivity index (χ4n) is 2.87. The summed E-state index contributed by atoms with van der Waals surface area (Å²) in [5.41, 5.74) is 4.94. The van der Waals surface area contributed by atoms with Gasteiger partial charge in [0.15, 0.2) is 5.76 Å². The highest BCUT2D eigenvalue weighted by atomic mass is 19.4. The zero-order chi connectivity index (χ0) is 23.5. The van der Waals surface area contributed by atoms with Crippen molar-refractivity contribution in [3.05, 3.63) is 64.9 Å². The topological polar surface area (TPSA) is 117 Å². The van der Waals surface area contributed by atoms with Crippen molar-refractivity contribution in [2.24, 2.45) is 5.73 Å². The summed E-state index contributed by atoms with van der Waals surface area (Å²) in [5.74, 6) is -1.53. The largest absolute Gasteiger partial charge is 0.468 e. The summed E-state index contributed by atoms with van der Waals surface area (Å²) in [5, 5.41) is 1.96. The number of rotatable bonds is 6. The van der Waals surface area contributed by atoms with Gasteiger partial charge in [-0.2, -0.15) is 13.2 Å². The molecule has 0 saturated carbocycles. The maximum atomic E-state index is 13.5. The first-order valence-corrected chi connectivity index (χ1v) is 9.13. The van der Waals surface area contributed by atoms with E-state index in [2.05, 4.69) is 4.74 Å². The Morgan fingerprint density at radius 2 is 1.81 bits per heavy atom. The van der Waals surface area contributed by atoms with Crippen LogP contribution in [-0.4, -0.2) is 31.1 Å². The van der Waals surface area contributed by atoms with Crippen LogP contribution < -0.4 is 15.8 Å². The molecule has 1 atom stereocenters. The molecular formula is C21H17F3N2O6. The molecule has 1 aliphatic rings. The SMILES string of the molecule is COC(=O)C(N)Cc1ccc(Oc2ccc(/C=C3/OC(=O)NC3=O)cc2)cc1C(F)(F)F. The molecule has 11 heteroatoms. The number of benzene rings is 2. The maximum absolute atomic E-state index is 13.5. The summed E-state index contributed by atoms with van der Waals surface area (Å²) in [6, 6.07) is 8.07. The monoisotopic (exact) mass is 450 g/mol. The number of methoxy groups -OCH3 is 1. The zero-order valence-corrected chi connectivity index (χ0v) is 16.6. The number of alkyl halides is 3. The number of carbonyl (C=O) groups is 3. The fourth-order valence-corrected chi connectivity index (χ4v) is 2.87. The number of cyclic esters (lactones) is 1. The molecule has 2 aromatic carbocycles. The molecule has 2 amide bonds. The van der Waals surface area contributed by atoms with Crippen molar-refractivity contribution < 1.29 is 41.8 Å². The third-order valence-electron chi connectivity index (χ3n) is 4.39. The summed E-state index contributed by atoms with van der Waals surface area (Å²) < 4.78 is 55.2. The van der Waals surface area contributed by atoms with Gasteiger partial charge >= 0.3 is 18.2 Å². The van der Waals surface area contributed by atoms with E-state index in [1.165, 1.54) is 42.5 Å². The Kier molecular flexibility index (Phi) is 6.49. The molecule has 1 aliphatic heterocycles. The fraction of sp³-hybridized carbons (Fsp3) is 0.190. The Labute approximate surface area is 179 Å². The number of esters is 1. The zero-order valence-electron chi connectivity index (χ0n) is 16.6. The van der Waals surface area contributed by atoms with Crippen molar-refractivity contribution in [1.29, 1.82) is 0 Å². The minimum atomic E-state index is -4.69. The molecule has 0 aromatic heterocycles. The average Bonchev–Trinajstić information content (AvgIpc) is 3.05. The number of imide groups is 1. The second-order valence-corrected chi connectivity index (χ2v) is 6.67. The predicted octanol–water partition coefficient (Wildman–Crippen LogP) is 3.15. The highest BCUT2D eigenvalue weighted by molar-refractivity contribution is 6.09. The van der Waals surface area contributed by atoms with Crippen molar-refractivity contribution in [2.45, 2.75) is 18.6 Å². The minimum absolute atomic E-state index is 0.0806. The van der Waals surface area contributed by atoms with Crippen molar-refractivity contribution in [3.8, 4) is 11.5 Å². The van der Waals surface area contributed by atoms with E-state index < -0.39 is 35.8 Å². The van der Waals surface area contributed by atoms with Crippen LogP contribution in [0.2, 0.25) is 0 Å². The molecule has 168 valence electrons. The lowest BCUT2D eigenvalue weighted by atomic mass is 9.99. The Bertz CT molecular complexity index is 1080. The Morgan fingerprint density at radius 1 is 1.16 bits per heavy atom. The second kappa shape index (κ2) is 9.10. The molecule has 0 spiro atoms. The van der Waals surface area contributed by atoms with Crippen LogP contribution in [0.25, 0.3) is 6.08 Å². The number of nitrogens with two attached hydrogens (primary N) is 1. The van der Waals surface area contributed by atoms with Gasteiger partial charge in [-0.25, -0.2) is 4.79 Å². The van der Waals surface area contributed by atoms with Crippen LogP contribution in [0.15, 0.2) is 48.2 Å². The van der Waals surface area contributed by atoms with E-state index in [1.54, 1.807) is 0 Å². The Hall–Kier alpha value is -3.86. The number of amides is 2. The van der Waals surface area contributed by atoms with Crippen LogP contribution in [0.3, 0.4) is 0 Å². The van der Waals surface area contributed by atoms with E-state index in [4.69, 9.17) is 15.2 Å². The van der Waals surface area contributed by atoms with Gasteiger partial charge in [-0.1, -0.05) is 18.2 Å². The molecule has 0 bridgehead atoms. The molecule has 2 aromatic rings. The molecule has 1 saturated heterocycles. The lowest BCUT2D eigenvalue weighted by Crippen LogP contribution is -2.34. The van der Waals surface area contributed by atoms with Crippen LogP contribution in [-0.2, 0) is 31.7 Å². The third kappa shape index (κ3) is 5.43. The van der Waals surface area contributed by atoms with Gasteiger partial charge in [0, 0.05) is 0 Å². The van der Waals surface area contributed by atoms with E-state index in [1.807, 2.05) is 5.32 Å². The summed E-state index contributed by atoms with van der Waals surface area (Å²) in [7, 11) is 1.10. The van der Waals surface area contributed by atoms with Gasteiger partial charge in [0.25, 0.3) is 5.91 Å². The Balaban J connectivity index is 1.78. The van der Waals surface area contributed by atoms with E-state index in [-0.39, 0.29) is 29.2 Å². The number of alkyl carbamates (subject to hydrolysis) is 1. The van der Waals surface area contributed by atoms with Crippen LogP contribution in [0, 0.1) is 0 Å². The highest BCUT2D eigenvalue weighted by Gasteiger charge is 2.35. The molecule has 1 unspecified atom stereocenters. The molecule has 1 fully saturated rings. The molecule has 32 heavy (non-hydrogen) atoms. The molecule has 3 rings (SSSR count). The minimum Gasteiger partial charge on any atom is -0.468 e. The van der Waals surface area contributed by atoms with Gasteiger partial charge in [-0.15, -0.1) is 0 Å². The summed E-state index contributed by atoms with van der Waals surface area (Å²) in [6.45, 7) is 0. The van der Waals surface area contributed by atoms with E-state index in [9.17, 15) is 27.6 Å². The quantitative estimate of drug-likeness (QED) is 0.513. The third-order valence-corrected chi connectivity index (χ3v) is 4.39. The van der Waals surface area contributed by atoms with Gasteiger partial charge in [0.1, 0.15) is 17.5 Å². The Morgan fingerprint density at radius 3 is 2.38 bits per heavy atom. The molecular weight excluding hydrogens is 433 g/mol. The molecule has 8 nitrogen and oxygen atoms in total. The lowest BCUT2D eigenvalue weighted by molar-refractivity contribution is -0.143. The second-order valence-electron chi connectivity index (χ2n) is 6.67. The normalized spacial score (nSPS) is 15.8. The smallest absolute Gasteiger partial charge is 0.419 e. The van der Waals surface area contributed by atoms with Crippen molar-refractivity contribution in [1.82, 2.24) is 5.32 Å². The summed E-state index contributed by atoms with van der Waals surface area (Å²) in [4.78, 5) is 34.0. The van der Waals surface area contributed by atoms with Gasteiger partial charge in [-0.05, 0) is 47.9 Å². The molecule has 0 radical (unpaired) electrons. The van der Waals surface area contributed by atoms with Crippen molar-refractivity contribution in [3.63, 3.8) is 0 Å². The summed E-state index contributed by atoms with van der Waals surface area (Å²) >= 11 is 0. The number of nitrogens with one attached hydrogen (secondary N) is 1. The van der Waals surface area contributed by atoms with Crippen LogP contribution in [0.1, 0.15) is 16.7 Å². The molecule has 0 aliphatic carbocycles. The van der Waals surface area contributed by atoms with Crippen molar-refractivity contribution >= 4 is 24.0 Å². The van der Waals surface area contributed by atoms with E-state index in [0.29, 0.717) is 5.56 Å². The number of ether oxygens (including phenoxy) is 3. The van der Waals surface area contributed by atoms with Crippen LogP contribution in [0.4, 0.5) is 18.0 Å². The van der Waals surface area contributed by atoms with E-state index >= 15 is 0 Å². The van der Waals surface area contributed by atoms with Gasteiger partial charge in [-0.3, -0.25) is 14.9 Å². The molecule has 1 heterocycles. The van der Waals surface area contributed by atoms with E-state index in [0.717, 1.165) is 13.2 Å². The lowest BCUT2D eigenvalue weighted by Gasteiger charge is -2.17. The number of carbonyl (C=O) groups excluding carboxylic acids is 3. The first-order valence-electron chi connectivity index (χ1n) is 9.13. The van der Waals surface area contributed by atoms with Gasteiger partial charge < -0.3 is 19.9 Å². The number of hydrogen-bond acceptors (Lipinski definition) is 7. The first-order chi connectivity index (χ1) is 15.1. The van der Waals surface area contributed by atoms with Crippen molar-refractivity contribution in [2.75, 3.05) is 7.11 Å². The standard InChI is InChI=1S/C21H17F3N2O6/c1-30-19(28)16(25)9-12-4-7-14(10-15(12)21(22,23)24)31-13-5-2-11(3-6-13)8-17-18(27)26-20(29)32-17/h2-8,10,16H,9,25H2,1H3,(H,26,27,29)/b17-8+. The van der Waals surface area contributed by atoms with Crippen LogP contribution in [0.5, 0.6) is 11.5 Å². The summed E-state index contributed by atoms with van der Waals surface area (Å²) in [6.07, 6.45) is -4.61. The average molecular weight is 450 g/mol. The maximum Gasteiger partial charge on any atom is 0.419 e. The van der Waals surface area contributed by atoms with Crippen LogP contribution >= 0.6 is 0 Å². The highest BCUT2D eigenvalue weighted by Crippen LogP contribution is 2.36.